The lowest BCUT2D eigenvalue weighted by Crippen LogP contribution is -2.51. The minimum atomic E-state index is -0.578. The molecule has 1 aromatic carbocycles. The molecule has 3 N–H and O–H groups in total. The highest BCUT2D eigenvalue weighted by atomic mass is 16.7. The standard InChI is InChI=1S/C15H21N3O4/c1-9(13(19)17-14(20)18-15(2,3)4)16-10-5-6-11-12(7-10)22-8-21-11/h5-7,9,16H,8H2,1-4H3,(H2,17,18,19,20). The van der Waals surface area contributed by atoms with Crippen LogP contribution in [0.4, 0.5) is 10.5 Å². The summed E-state index contributed by atoms with van der Waals surface area (Å²) in [6.07, 6.45) is 0. The Morgan fingerprint density at radius 2 is 1.86 bits per heavy atom. The molecule has 0 saturated carbocycles. The summed E-state index contributed by atoms with van der Waals surface area (Å²) in [5, 5.41) is 7.98. The highest BCUT2D eigenvalue weighted by Gasteiger charge is 2.20. The average molecular weight is 307 g/mol. The van der Waals surface area contributed by atoms with E-state index in [4.69, 9.17) is 9.47 Å². The molecule has 0 aliphatic carbocycles. The molecule has 0 fully saturated rings. The molecule has 1 aromatic rings. The maximum Gasteiger partial charge on any atom is 0.321 e. The number of rotatable bonds is 3. The maximum absolute atomic E-state index is 12.0. The van der Waals surface area contributed by atoms with Crippen LogP contribution in [0.2, 0.25) is 0 Å². The lowest BCUT2D eigenvalue weighted by molar-refractivity contribution is -0.120. The molecular weight excluding hydrogens is 286 g/mol. The van der Waals surface area contributed by atoms with Gasteiger partial charge in [-0.25, -0.2) is 4.79 Å². The van der Waals surface area contributed by atoms with Crippen LogP contribution in [0, 0.1) is 0 Å². The number of nitrogens with one attached hydrogen (secondary N) is 3. The molecule has 1 heterocycles. The topological polar surface area (TPSA) is 88.7 Å². The molecule has 7 heteroatoms. The zero-order valence-electron chi connectivity index (χ0n) is 13.1. The number of fused-ring (bicyclic) bond motifs is 1. The molecule has 1 aliphatic rings. The number of benzene rings is 1. The van der Waals surface area contributed by atoms with Crippen molar-refractivity contribution in [1.82, 2.24) is 10.6 Å². The monoisotopic (exact) mass is 307 g/mol. The molecule has 0 spiro atoms. The second-order valence-electron chi connectivity index (χ2n) is 6.13. The fraction of sp³-hybridized carbons (Fsp3) is 0.467. The Bertz CT molecular complexity index is 581. The minimum Gasteiger partial charge on any atom is -0.454 e. The molecule has 0 saturated heterocycles. The predicted octanol–water partition coefficient (Wildman–Crippen LogP) is 1.84. The molecule has 1 atom stereocenters. The molecule has 0 radical (unpaired) electrons. The molecule has 2 rings (SSSR count). The molecule has 22 heavy (non-hydrogen) atoms. The van der Waals surface area contributed by atoms with E-state index in [1.807, 2.05) is 20.8 Å². The van der Waals surface area contributed by atoms with Gasteiger partial charge in [-0.3, -0.25) is 10.1 Å². The van der Waals surface area contributed by atoms with Gasteiger partial charge in [-0.15, -0.1) is 0 Å². The van der Waals surface area contributed by atoms with Gasteiger partial charge in [-0.05, 0) is 39.8 Å². The molecule has 120 valence electrons. The van der Waals surface area contributed by atoms with E-state index in [2.05, 4.69) is 16.0 Å². The van der Waals surface area contributed by atoms with Crippen LogP contribution >= 0.6 is 0 Å². The van der Waals surface area contributed by atoms with Gasteiger partial charge in [0.2, 0.25) is 12.7 Å². The number of carbonyl (C=O) groups is 2. The first-order chi connectivity index (χ1) is 10.2. The lowest BCUT2D eigenvalue weighted by Gasteiger charge is -2.21. The molecule has 0 aromatic heterocycles. The minimum absolute atomic E-state index is 0.196. The van der Waals surface area contributed by atoms with Crippen molar-refractivity contribution in [2.24, 2.45) is 0 Å². The Morgan fingerprint density at radius 3 is 2.55 bits per heavy atom. The van der Waals surface area contributed by atoms with E-state index in [-0.39, 0.29) is 6.79 Å². The first kappa shape index (κ1) is 15.9. The van der Waals surface area contributed by atoms with E-state index in [1.165, 1.54) is 0 Å². The average Bonchev–Trinajstić information content (AvgIpc) is 2.83. The van der Waals surface area contributed by atoms with Gasteiger partial charge in [-0.1, -0.05) is 0 Å². The Balaban J connectivity index is 1.90. The van der Waals surface area contributed by atoms with Crippen molar-refractivity contribution in [2.45, 2.75) is 39.3 Å². The Labute approximate surface area is 129 Å². The van der Waals surface area contributed by atoms with Gasteiger partial charge in [0.15, 0.2) is 11.5 Å². The fourth-order valence-electron chi connectivity index (χ4n) is 1.89. The van der Waals surface area contributed by atoms with E-state index >= 15 is 0 Å². The summed E-state index contributed by atoms with van der Waals surface area (Å²) in [6.45, 7) is 7.38. The first-order valence-electron chi connectivity index (χ1n) is 7.04. The van der Waals surface area contributed by atoms with Crippen molar-refractivity contribution in [3.63, 3.8) is 0 Å². The van der Waals surface area contributed by atoms with Crippen LogP contribution in [-0.4, -0.2) is 30.3 Å². The summed E-state index contributed by atoms with van der Waals surface area (Å²) in [7, 11) is 0. The van der Waals surface area contributed by atoms with Crippen molar-refractivity contribution >= 4 is 17.6 Å². The number of amides is 3. The van der Waals surface area contributed by atoms with Crippen molar-refractivity contribution in [3.8, 4) is 11.5 Å². The number of carbonyl (C=O) groups excluding carboxylic acids is 2. The van der Waals surface area contributed by atoms with E-state index in [0.717, 1.165) is 0 Å². The molecular formula is C15H21N3O4. The summed E-state index contributed by atoms with van der Waals surface area (Å²) in [5.74, 6) is 0.884. The maximum atomic E-state index is 12.0. The Kier molecular flexibility index (Phi) is 4.44. The van der Waals surface area contributed by atoms with Gasteiger partial charge in [0.25, 0.3) is 0 Å². The summed E-state index contributed by atoms with van der Waals surface area (Å²) in [5.41, 5.74) is 0.307. The van der Waals surface area contributed by atoms with E-state index in [0.29, 0.717) is 17.2 Å². The van der Waals surface area contributed by atoms with Crippen molar-refractivity contribution < 1.29 is 19.1 Å². The van der Waals surface area contributed by atoms with Crippen LogP contribution in [-0.2, 0) is 4.79 Å². The summed E-state index contributed by atoms with van der Waals surface area (Å²) in [4.78, 5) is 23.7. The third kappa shape index (κ3) is 4.28. The normalized spacial score (nSPS) is 14.2. The second-order valence-corrected chi connectivity index (χ2v) is 6.13. The van der Waals surface area contributed by atoms with Gasteiger partial charge >= 0.3 is 6.03 Å². The van der Waals surface area contributed by atoms with Crippen LogP contribution < -0.4 is 25.4 Å². The Hall–Kier alpha value is -2.44. The van der Waals surface area contributed by atoms with Crippen molar-refractivity contribution in [2.75, 3.05) is 12.1 Å². The van der Waals surface area contributed by atoms with Crippen molar-refractivity contribution in [1.29, 1.82) is 0 Å². The first-order valence-corrected chi connectivity index (χ1v) is 7.04. The number of hydrogen-bond donors (Lipinski definition) is 3. The van der Waals surface area contributed by atoms with Gasteiger partial charge in [-0.2, -0.15) is 0 Å². The molecule has 1 unspecified atom stereocenters. The van der Waals surface area contributed by atoms with Gasteiger partial charge in [0.1, 0.15) is 6.04 Å². The molecule has 0 bridgehead atoms. The SMILES string of the molecule is CC(Nc1ccc2c(c1)OCO2)C(=O)NC(=O)NC(C)(C)C. The van der Waals surface area contributed by atoms with Crippen LogP contribution in [0.1, 0.15) is 27.7 Å². The van der Waals surface area contributed by atoms with Crippen LogP contribution in [0.5, 0.6) is 11.5 Å². The number of urea groups is 1. The third-order valence-electron chi connectivity index (χ3n) is 2.87. The van der Waals surface area contributed by atoms with Crippen LogP contribution in [0.25, 0.3) is 0 Å². The predicted molar refractivity (Wildman–Crippen MR) is 82.1 cm³/mol. The molecule has 3 amide bonds. The molecule has 7 nitrogen and oxygen atoms in total. The van der Waals surface area contributed by atoms with E-state index < -0.39 is 23.5 Å². The zero-order chi connectivity index (χ0) is 16.3. The number of ether oxygens (including phenoxy) is 2. The van der Waals surface area contributed by atoms with E-state index in [9.17, 15) is 9.59 Å². The van der Waals surface area contributed by atoms with E-state index in [1.54, 1.807) is 25.1 Å². The van der Waals surface area contributed by atoms with Gasteiger partial charge < -0.3 is 20.1 Å². The zero-order valence-corrected chi connectivity index (χ0v) is 13.1. The summed E-state index contributed by atoms with van der Waals surface area (Å²) < 4.78 is 10.5. The number of anilines is 1. The van der Waals surface area contributed by atoms with Gasteiger partial charge in [0.05, 0.1) is 0 Å². The van der Waals surface area contributed by atoms with Crippen LogP contribution in [0.3, 0.4) is 0 Å². The van der Waals surface area contributed by atoms with Crippen LogP contribution in [0.15, 0.2) is 18.2 Å². The highest BCUT2D eigenvalue weighted by molar-refractivity contribution is 5.98. The largest absolute Gasteiger partial charge is 0.454 e. The summed E-state index contributed by atoms with van der Waals surface area (Å²) >= 11 is 0. The quantitative estimate of drug-likeness (QED) is 0.793. The summed E-state index contributed by atoms with van der Waals surface area (Å²) in [6, 6.07) is 4.21. The van der Waals surface area contributed by atoms with Crippen molar-refractivity contribution in [3.05, 3.63) is 18.2 Å². The lowest BCUT2D eigenvalue weighted by atomic mass is 10.1. The highest BCUT2D eigenvalue weighted by Crippen LogP contribution is 2.34. The second kappa shape index (κ2) is 6.13. The van der Waals surface area contributed by atoms with Gasteiger partial charge in [0, 0.05) is 17.3 Å². The third-order valence-corrected chi connectivity index (χ3v) is 2.87. The Morgan fingerprint density at radius 1 is 1.18 bits per heavy atom. The smallest absolute Gasteiger partial charge is 0.321 e. The fourth-order valence-corrected chi connectivity index (χ4v) is 1.89. The number of hydrogen-bond acceptors (Lipinski definition) is 5. The number of imide groups is 1. The molecule has 1 aliphatic heterocycles.